The fourth-order valence-corrected chi connectivity index (χ4v) is 1.57. The lowest BCUT2D eigenvalue weighted by Gasteiger charge is -2.31. The van der Waals surface area contributed by atoms with Crippen LogP contribution < -0.4 is 5.32 Å². The summed E-state index contributed by atoms with van der Waals surface area (Å²) in [5.41, 5.74) is 0.227. The summed E-state index contributed by atoms with van der Waals surface area (Å²) in [6, 6.07) is 0.400. The van der Waals surface area contributed by atoms with Crippen LogP contribution in [0.4, 0.5) is 0 Å². The van der Waals surface area contributed by atoms with Crippen LogP contribution in [0.15, 0.2) is 0 Å². The topological polar surface area (TPSA) is 39.7 Å². The zero-order valence-corrected chi connectivity index (χ0v) is 12.8. The van der Waals surface area contributed by atoms with Crippen molar-refractivity contribution >= 4 is 0 Å². The third kappa shape index (κ3) is 9.83. The van der Waals surface area contributed by atoms with Gasteiger partial charge in [0.05, 0.1) is 19.8 Å². The number of likely N-dealkylation sites (N-methyl/N-ethyl adjacent to an activating group) is 1. The molecule has 4 nitrogen and oxygen atoms in total. The van der Waals surface area contributed by atoms with Crippen LogP contribution in [0, 0.1) is 5.41 Å². The third-order valence-electron chi connectivity index (χ3n) is 2.79. The minimum atomic E-state index is 0.227. The van der Waals surface area contributed by atoms with Crippen molar-refractivity contribution in [1.29, 1.82) is 0 Å². The quantitative estimate of drug-likeness (QED) is 0.578. The molecule has 0 saturated carbocycles. The first-order chi connectivity index (χ1) is 8.52. The van der Waals surface area contributed by atoms with Gasteiger partial charge in [-0.3, -0.25) is 0 Å². The first-order valence-corrected chi connectivity index (χ1v) is 6.90. The molecule has 4 heteroatoms. The van der Waals surface area contributed by atoms with E-state index >= 15 is 0 Å². The summed E-state index contributed by atoms with van der Waals surface area (Å²) in [4.78, 5) is 0. The molecule has 1 N–H and O–H groups in total. The molecular formula is C14H31NO3. The van der Waals surface area contributed by atoms with Crippen LogP contribution in [-0.4, -0.2) is 52.7 Å². The number of methoxy groups -OCH3 is 1. The van der Waals surface area contributed by atoms with Crippen LogP contribution in [0.25, 0.3) is 0 Å². The van der Waals surface area contributed by atoms with E-state index in [1.54, 1.807) is 7.11 Å². The molecule has 1 atom stereocenters. The molecule has 0 spiro atoms. The second-order valence-electron chi connectivity index (χ2n) is 5.51. The van der Waals surface area contributed by atoms with Gasteiger partial charge in [-0.15, -0.1) is 0 Å². The van der Waals surface area contributed by atoms with E-state index in [1.165, 1.54) is 0 Å². The number of nitrogens with one attached hydrogen (secondary N) is 1. The second-order valence-corrected chi connectivity index (χ2v) is 5.51. The fraction of sp³-hybridized carbons (Fsp3) is 1.00. The summed E-state index contributed by atoms with van der Waals surface area (Å²) in [5, 5.41) is 3.47. The summed E-state index contributed by atoms with van der Waals surface area (Å²) in [5.74, 6) is 0. The van der Waals surface area contributed by atoms with Gasteiger partial charge < -0.3 is 19.5 Å². The lowest BCUT2D eigenvalue weighted by Crippen LogP contribution is -2.43. The molecule has 0 bridgehead atoms. The highest BCUT2D eigenvalue weighted by molar-refractivity contribution is 4.79. The molecule has 0 amide bonds. The van der Waals surface area contributed by atoms with Crippen molar-refractivity contribution in [3.63, 3.8) is 0 Å². The normalized spacial score (nSPS) is 13.8. The largest absolute Gasteiger partial charge is 0.382 e. The molecule has 0 aliphatic carbocycles. The van der Waals surface area contributed by atoms with Crippen LogP contribution in [0.5, 0.6) is 0 Å². The first-order valence-electron chi connectivity index (χ1n) is 6.90. The molecule has 110 valence electrons. The molecular weight excluding hydrogens is 230 g/mol. The number of rotatable bonds is 11. The minimum Gasteiger partial charge on any atom is -0.382 e. The zero-order chi connectivity index (χ0) is 13.9. The lowest BCUT2D eigenvalue weighted by molar-refractivity contribution is 0.0385. The van der Waals surface area contributed by atoms with Crippen LogP contribution >= 0.6 is 0 Å². The maximum absolute atomic E-state index is 5.71. The summed E-state index contributed by atoms with van der Waals surface area (Å²) < 4.78 is 16.0. The molecule has 0 aromatic rings. The average molecular weight is 261 g/mol. The summed E-state index contributed by atoms with van der Waals surface area (Å²) in [6.07, 6.45) is 0.937. The van der Waals surface area contributed by atoms with Gasteiger partial charge in [-0.1, -0.05) is 27.7 Å². The Morgan fingerprint density at radius 1 is 1.00 bits per heavy atom. The molecule has 1 unspecified atom stereocenters. The highest BCUT2D eigenvalue weighted by atomic mass is 16.5. The first kappa shape index (κ1) is 17.8. The zero-order valence-electron chi connectivity index (χ0n) is 12.8. The van der Waals surface area contributed by atoms with E-state index in [9.17, 15) is 0 Å². The van der Waals surface area contributed by atoms with Crippen molar-refractivity contribution in [2.75, 3.05) is 46.7 Å². The molecule has 0 aliphatic heterocycles. The maximum Gasteiger partial charge on any atom is 0.0700 e. The van der Waals surface area contributed by atoms with Gasteiger partial charge in [0.25, 0.3) is 0 Å². The number of hydrogen-bond acceptors (Lipinski definition) is 4. The number of ether oxygens (including phenoxy) is 3. The van der Waals surface area contributed by atoms with E-state index in [2.05, 4.69) is 33.0 Å². The lowest BCUT2D eigenvalue weighted by atomic mass is 9.87. The predicted octanol–water partition coefficient (Wildman–Crippen LogP) is 2.08. The van der Waals surface area contributed by atoms with Gasteiger partial charge in [-0.05, 0) is 18.4 Å². The summed E-state index contributed by atoms with van der Waals surface area (Å²) in [7, 11) is 1.68. The van der Waals surface area contributed by atoms with Gasteiger partial charge >= 0.3 is 0 Å². The molecule has 18 heavy (non-hydrogen) atoms. The Bertz CT molecular complexity index is 180. The smallest absolute Gasteiger partial charge is 0.0700 e. The van der Waals surface area contributed by atoms with Gasteiger partial charge in [0.2, 0.25) is 0 Å². The molecule has 0 heterocycles. The van der Waals surface area contributed by atoms with Crippen molar-refractivity contribution in [3.05, 3.63) is 0 Å². The molecule has 0 radical (unpaired) electrons. The Morgan fingerprint density at radius 2 is 1.67 bits per heavy atom. The van der Waals surface area contributed by atoms with E-state index < -0.39 is 0 Å². The minimum absolute atomic E-state index is 0.227. The summed E-state index contributed by atoms with van der Waals surface area (Å²) >= 11 is 0. The Balaban J connectivity index is 3.50. The molecule has 0 aliphatic rings. The van der Waals surface area contributed by atoms with Crippen molar-refractivity contribution < 1.29 is 14.2 Å². The van der Waals surface area contributed by atoms with Crippen LogP contribution in [0.3, 0.4) is 0 Å². The molecule has 0 fully saturated rings. The van der Waals surface area contributed by atoms with E-state index in [-0.39, 0.29) is 5.41 Å². The van der Waals surface area contributed by atoms with Gasteiger partial charge in [0.1, 0.15) is 0 Å². The average Bonchev–Trinajstić information content (AvgIpc) is 2.30. The highest BCUT2D eigenvalue weighted by Crippen LogP contribution is 2.19. The van der Waals surface area contributed by atoms with E-state index in [0.29, 0.717) is 19.3 Å². The van der Waals surface area contributed by atoms with E-state index in [4.69, 9.17) is 14.2 Å². The van der Waals surface area contributed by atoms with E-state index in [1.807, 2.05) is 0 Å². The van der Waals surface area contributed by atoms with Crippen molar-refractivity contribution in [1.82, 2.24) is 5.32 Å². The van der Waals surface area contributed by atoms with Crippen LogP contribution in [0.1, 0.15) is 34.1 Å². The molecule has 0 aromatic carbocycles. The van der Waals surface area contributed by atoms with Gasteiger partial charge in [0, 0.05) is 26.4 Å². The van der Waals surface area contributed by atoms with Gasteiger partial charge in [0.15, 0.2) is 0 Å². The standard InChI is InChI=1S/C14H31NO3/c1-6-15-13(14(2,3)4)12-18-9-7-8-17-11-10-16-5/h13,15H,6-12H2,1-5H3. The SMILES string of the molecule is CCNC(COCCCOCCOC)C(C)(C)C. The monoisotopic (exact) mass is 261 g/mol. The predicted molar refractivity (Wildman–Crippen MR) is 75.1 cm³/mol. The van der Waals surface area contributed by atoms with Crippen molar-refractivity contribution in [2.45, 2.75) is 40.2 Å². The van der Waals surface area contributed by atoms with Crippen LogP contribution in [-0.2, 0) is 14.2 Å². The van der Waals surface area contributed by atoms with Gasteiger partial charge in [-0.2, -0.15) is 0 Å². The maximum atomic E-state index is 5.71. The molecule has 0 saturated heterocycles. The van der Waals surface area contributed by atoms with Crippen molar-refractivity contribution in [3.8, 4) is 0 Å². The van der Waals surface area contributed by atoms with Crippen molar-refractivity contribution in [2.24, 2.45) is 5.41 Å². The molecule has 0 rings (SSSR count). The van der Waals surface area contributed by atoms with E-state index in [0.717, 1.165) is 32.8 Å². The Labute approximate surface area is 112 Å². The Hall–Kier alpha value is -0.160. The highest BCUT2D eigenvalue weighted by Gasteiger charge is 2.23. The van der Waals surface area contributed by atoms with Crippen LogP contribution in [0.2, 0.25) is 0 Å². The molecule has 0 aromatic heterocycles. The summed E-state index contributed by atoms with van der Waals surface area (Å²) in [6.45, 7) is 13.4. The number of hydrogen-bond donors (Lipinski definition) is 1. The Kier molecular flexibility index (Phi) is 10.6. The van der Waals surface area contributed by atoms with Gasteiger partial charge in [-0.25, -0.2) is 0 Å². The second kappa shape index (κ2) is 10.7. The fourth-order valence-electron chi connectivity index (χ4n) is 1.57. The third-order valence-corrected chi connectivity index (χ3v) is 2.79. The Morgan fingerprint density at radius 3 is 2.22 bits per heavy atom.